The molecule has 0 saturated heterocycles. The molecule has 14 aromatic rings. The van der Waals surface area contributed by atoms with Gasteiger partial charge in [0, 0.05) is 0 Å². The normalized spacial score (nSPS) is 12.2. The van der Waals surface area contributed by atoms with Crippen LogP contribution in [0.1, 0.15) is 26.3 Å². The summed E-state index contributed by atoms with van der Waals surface area (Å²) in [6, 6.07) is 89.0. The number of hydrogen-bond acceptors (Lipinski definition) is 0. The molecule has 0 nitrogen and oxygen atoms in total. The molecule has 0 saturated carbocycles. The molecule has 328 valence electrons. The maximum Gasteiger partial charge on any atom is -0.00201 e. The molecule has 70 heavy (non-hydrogen) atoms. The van der Waals surface area contributed by atoms with Gasteiger partial charge in [-0.1, -0.05) is 233 Å². The van der Waals surface area contributed by atoms with Crippen LogP contribution in [0, 0.1) is 0 Å². The maximum absolute atomic E-state index is 2.46. The van der Waals surface area contributed by atoms with Gasteiger partial charge in [-0.25, -0.2) is 0 Å². The molecule has 0 heterocycles. The Morgan fingerprint density at radius 2 is 0.571 bits per heavy atom. The van der Waals surface area contributed by atoms with Crippen LogP contribution in [-0.4, -0.2) is 0 Å². The van der Waals surface area contributed by atoms with E-state index in [1.807, 2.05) is 0 Å². The molecule has 0 unspecified atom stereocenters. The Labute approximate surface area is 407 Å². The van der Waals surface area contributed by atoms with Crippen LogP contribution in [-0.2, 0) is 5.41 Å². The van der Waals surface area contributed by atoms with Gasteiger partial charge in [-0.3, -0.25) is 0 Å². The standard InChI is InChI=1S/C70H48/c1-70(2,3)49-36-38-54-53-37-35-47(41-64(53)51-20-6-7-21-52(51)65(54)42-49)68-58-24-10-8-22-56(58)66(57-23-9-11-25-59(57)68)45-33-31-43-32-34-46(40-48(43)39-45)67-60-26-12-14-28-62(60)69(63-29-15-13-27-61(63)67)55-30-16-18-44-17-4-5-19-50(44)55/h4-42H,1-3H3. The van der Waals surface area contributed by atoms with E-state index in [1.54, 1.807) is 0 Å². The zero-order valence-corrected chi connectivity index (χ0v) is 39.5. The average molecular weight is 889 g/mol. The first-order chi connectivity index (χ1) is 34.4. The van der Waals surface area contributed by atoms with Gasteiger partial charge in [-0.15, -0.1) is 0 Å². The first kappa shape index (κ1) is 40.5. The summed E-state index contributed by atoms with van der Waals surface area (Å²) in [4.78, 5) is 0. The van der Waals surface area contributed by atoms with Crippen LogP contribution in [0.15, 0.2) is 237 Å². The van der Waals surface area contributed by atoms with Gasteiger partial charge < -0.3 is 0 Å². The summed E-state index contributed by atoms with van der Waals surface area (Å²) in [5.74, 6) is 0. The number of benzene rings is 14. The average Bonchev–Trinajstić information content (AvgIpc) is 3.40. The molecule has 0 N–H and O–H groups in total. The predicted octanol–water partition coefficient (Wildman–Crippen LogP) is 20.0. The Balaban J connectivity index is 0.963. The zero-order valence-electron chi connectivity index (χ0n) is 39.5. The van der Waals surface area contributed by atoms with Crippen molar-refractivity contribution in [2.45, 2.75) is 26.2 Å². The van der Waals surface area contributed by atoms with Crippen molar-refractivity contribution in [1.29, 1.82) is 0 Å². The molecular weight excluding hydrogens is 841 g/mol. The molecule has 14 rings (SSSR count). The van der Waals surface area contributed by atoms with E-state index in [9.17, 15) is 0 Å². The van der Waals surface area contributed by atoms with E-state index in [0.717, 1.165) is 0 Å². The molecule has 0 aliphatic rings. The second-order valence-corrected chi connectivity index (χ2v) is 20.3. The van der Waals surface area contributed by atoms with Crippen molar-refractivity contribution < 1.29 is 0 Å². The van der Waals surface area contributed by atoms with E-state index in [4.69, 9.17) is 0 Å². The molecule has 0 heteroatoms. The van der Waals surface area contributed by atoms with Crippen molar-refractivity contribution in [2.24, 2.45) is 0 Å². The molecule has 0 spiro atoms. The lowest BCUT2D eigenvalue weighted by atomic mass is 9.83. The van der Waals surface area contributed by atoms with Gasteiger partial charge >= 0.3 is 0 Å². The highest BCUT2D eigenvalue weighted by atomic mass is 14.2. The van der Waals surface area contributed by atoms with Crippen LogP contribution >= 0.6 is 0 Å². The van der Waals surface area contributed by atoms with Crippen LogP contribution in [0.4, 0.5) is 0 Å². The Kier molecular flexibility index (Phi) is 8.95. The fourth-order valence-corrected chi connectivity index (χ4v) is 12.1. The molecule has 0 bridgehead atoms. The first-order valence-electron chi connectivity index (χ1n) is 24.7. The highest BCUT2D eigenvalue weighted by Gasteiger charge is 2.22. The summed E-state index contributed by atoms with van der Waals surface area (Å²) < 4.78 is 0. The van der Waals surface area contributed by atoms with Crippen molar-refractivity contribution in [3.8, 4) is 44.5 Å². The van der Waals surface area contributed by atoms with Gasteiger partial charge in [0.05, 0.1) is 0 Å². The van der Waals surface area contributed by atoms with Crippen LogP contribution in [0.25, 0.3) is 141 Å². The minimum absolute atomic E-state index is 0.0649. The summed E-state index contributed by atoms with van der Waals surface area (Å²) >= 11 is 0. The molecular formula is C70H48. The zero-order chi connectivity index (χ0) is 46.7. The summed E-state index contributed by atoms with van der Waals surface area (Å²) in [5, 5.41) is 22.9. The van der Waals surface area contributed by atoms with Gasteiger partial charge in [-0.05, 0) is 177 Å². The lowest BCUT2D eigenvalue weighted by Gasteiger charge is -2.21. The van der Waals surface area contributed by atoms with Crippen molar-refractivity contribution in [3.63, 3.8) is 0 Å². The van der Waals surface area contributed by atoms with Crippen LogP contribution < -0.4 is 0 Å². The lowest BCUT2D eigenvalue weighted by molar-refractivity contribution is 0.591. The number of fused-ring (bicyclic) bond motifs is 12. The third kappa shape index (κ3) is 6.16. The highest BCUT2D eigenvalue weighted by Crippen LogP contribution is 2.48. The Morgan fingerprint density at radius 1 is 0.214 bits per heavy atom. The van der Waals surface area contributed by atoms with Crippen molar-refractivity contribution in [1.82, 2.24) is 0 Å². The summed E-state index contributed by atoms with van der Waals surface area (Å²) in [5.41, 5.74) is 11.5. The van der Waals surface area contributed by atoms with Gasteiger partial charge in [-0.2, -0.15) is 0 Å². The minimum atomic E-state index is 0.0649. The Morgan fingerprint density at radius 3 is 1.06 bits per heavy atom. The topological polar surface area (TPSA) is 0 Å². The van der Waals surface area contributed by atoms with Crippen molar-refractivity contribution >= 4 is 97.0 Å². The number of hydrogen-bond donors (Lipinski definition) is 0. The van der Waals surface area contributed by atoms with Gasteiger partial charge in [0.25, 0.3) is 0 Å². The highest BCUT2D eigenvalue weighted by molar-refractivity contribution is 6.28. The van der Waals surface area contributed by atoms with Crippen LogP contribution in [0.5, 0.6) is 0 Å². The molecule has 0 aromatic heterocycles. The van der Waals surface area contributed by atoms with E-state index < -0.39 is 0 Å². The molecule has 14 aromatic carbocycles. The van der Waals surface area contributed by atoms with Crippen molar-refractivity contribution in [2.75, 3.05) is 0 Å². The second kappa shape index (κ2) is 15.5. The largest absolute Gasteiger partial charge is 0.0616 e. The molecule has 0 aliphatic carbocycles. The minimum Gasteiger partial charge on any atom is -0.0616 e. The van der Waals surface area contributed by atoms with E-state index in [-0.39, 0.29) is 5.41 Å². The predicted molar refractivity (Wildman–Crippen MR) is 304 cm³/mol. The SMILES string of the molecule is CC(C)(C)c1ccc2c3ccc(-c4c5ccccc5c(-c5ccc6ccc(-c7c8ccccc8c(-c8cccc9ccccc89)c8ccccc78)cc6c5)c5ccccc45)cc3c3ccccc3c2c1. The monoisotopic (exact) mass is 888 g/mol. The van der Waals surface area contributed by atoms with E-state index in [1.165, 1.54) is 147 Å². The Bertz CT molecular complexity index is 4360. The molecule has 0 fully saturated rings. The molecule has 0 radical (unpaired) electrons. The van der Waals surface area contributed by atoms with Crippen molar-refractivity contribution in [3.05, 3.63) is 242 Å². The molecule has 0 aliphatic heterocycles. The fraction of sp³-hybridized carbons (Fsp3) is 0.0571. The number of rotatable bonds is 4. The van der Waals surface area contributed by atoms with E-state index in [0.29, 0.717) is 0 Å². The Hall–Kier alpha value is -8.58. The van der Waals surface area contributed by atoms with Gasteiger partial charge in [0.15, 0.2) is 0 Å². The lowest BCUT2D eigenvalue weighted by Crippen LogP contribution is -2.10. The van der Waals surface area contributed by atoms with Crippen LogP contribution in [0.3, 0.4) is 0 Å². The van der Waals surface area contributed by atoms with Gasteiger partial charge in [0.1, 0.15) is 0 Å². The first-order valence-corrected chi connectivity index (χ1v) is 24.7. The second-order valence-electron chi connectivity index (χ2n) is 20.3. The quantitative estimate of drug-likeness (QED) is 0.122. The smallest absolute Gasteiger partial charge is 0.00201 e. The summed E-state index contributed by atoms with van der Waals surface area (Å²) in [6.45, 7) is 6.91. The maximum atomic E-state index is 2.46. The van der Waals surface area contributed by atoms with E-state index in [2.05, 4.69) is 257 Å². The van der Waals surface area contributed by atoms with Crippen LogP contribution in [0.2, 0.25) is 0 Å². The third-order valence-corrected chi connectivity index (χ3v) is 15.3. The fourth-order valence-electron chi connectivity index (χ4n) is 12.1. The molecule has 0 amide bonds. The van der Waals surface area contributed by atoms with E-state index >= 15 is 0 Å². The summed E-state index contributed by atoms with van der Waals surface area (Å²) in [6.07, 6.45) is 0. The molecule has 0 atom stereocenters. The summed E-state index contributed by atoms with van der Waals surface area (Å²) in [7, 11) is 0. The third-order valence-electron chi connectivity index (χ3n) is 15.3. The van der Waals surface area contributed by atoms with Gasteiger partial charge in [0.2, 0.25) is 0 Å².